The molecule has 2 aliphatic rings. The maximum absolute atomic E-state index is 12.8. The molecule has 2 heterocycles. The summed E-state index contributed by atoms with van der Waals surface area (Å²) in [6, 6.07) is 14.5. The number of amides is 1. The first-order valence-corrected chi connectivity index (χ1v) is 12.6. The zero-order valence-electron chi connectivity index (χ0n) is 17.5. The minimum absolute atomic E-state index is 0.0606. The summed E-state index contributed by atoms with van der Waals surface area (Å²) < 4.78 is 27.1. The van der Waals surface area contributed by atoms with Crippen molar-refractivity contribution >= 4 is 33.2 Å². The second-order valence-electron chi connectivity index (χ2n) is 8.10. The van der Waals surface area contributed by atoms with Crippen LogP contribution < -0.4 is 4.90 Å². The topological polar surface area (TPSA) is 60.9 Å². The lowest BCUT2D eigenvalue weighted by atomic mass is 10.1. The van der Waals surface area contributed by atoms with Crippen molar-refractivity contribution in [3.8, 4) is 0 Å². The molecule has 2 aromatic rings. The Bertz CT molecular complexity index is 1010. The van der Waals surface area contributed by atoms with Gasteiger partial charge in [0.1, 0.15) is 0 Å². The first-order chi connectivity index (χ1) is 14.9. The quantitative estimate of drug-likeness (QED) is 0.684. The molecule has 2 fully saturated rings. The number of piperidine rings is 1. The minimum atomic E-state index is -3.44. The summed E-state index contributed by atoms with van der Waals surface area (Å²) in [6.45, 7) is 3.94. The zero-order valence-corrected chi connectivity index (χ0v) is 19.1. The number of hydrogen-bond acceptors (Lipinski definition) is 4. The van der Waals surface area contributed by atoms with Gasteiger partial charge < -0.3 is 9.80 Å². The van der Waals surface area contributed by atoms with Crippen LogP contribution in [0.25, 0.3) is 0 Å². The van der Waals surface area contributed by atoms with Crippen LogP contribution in [0.2, 0.25) is 5.02 Å². The predicted octanol–water partition coefficient (Wildman–Crippen LogP) is 3.41. The molecule has 0 aromatic heterocycles. The Morgan fingerprint density at radius 1 is 0.839 bits per heavy atom. The van der Waals surface area contributed by atoms with E-state index in [2.05, 4.69) is 4.90 Å². The maximum atomic E-state index is 12.8. The highest BCUT2D eigenvalue weighted by Gasteiger charge is 2.26. The molecule has 0 N–H and O–H groups in total. The van der Waals surface area contributed by atoms with Gasteiger partial charge in [0.15, 0.2) is 0 Å². The molecule has 2 aromatic carbocycles. The number of piperazine rings is 1. The van der Waals surface area contributed by atoms with Crippen molar-refractivity contribution < 1.29 is 13.2 Å². The van der Waals surface area contributed by atoms with Crippen molar-refractivity contribution in [2.45, 2.75) is 30.6 Å². The number of rotatable bonds is 5. The van der Waals surface area contributed by atoms with Gasteiger partial charge in [-0.05, 0) is 42.7 Å². The second-order valence-corrected chi connectivity index (χ2v) is 10.4. The number of anilines is 1. The van der Waals surface area contributed by atoms with Gasteiger partial charge in [0.05, 0.1) is 22.0 Å². The summed E-state index contributed by atoms with van der Waals surface area (Å²) in [7, 11) is -3.44. The number of carbonyl (C=O) groups excluding carboxylic acids is 1. The van der Waals surface area contributed by atoms with E-state index in [1.807, 2.05) is 29.2 Å². The smallest absolute Gasteiger partial charge is 0.243 e. The molecule has 0 aliphatic carbocycles. The normalized spacial score (nSPS) is 18.2. The van der Waals surface area contributed by atoms with Gasteiger partial charge in [0, 0.05) is 39.3 Å². The molecule has 166 valence electrons. The molecule has 6 nitrogen and oxygen atoms in total. The average molecular weight is 462 g/mol. The van der Waals surface area contributed by atoms with Crippen LogP contribution in [-0.2, 0) is 21.2 Å². The Balaban J connectivity index is 1.33. The molecule has 0 spiro atoms. The van der Waals surface area contributed by atoms with Gasteiger partial charge in [0.25, 0.3) is 0 Å². The molecule has 1 amide bonds. The molecule has 8 heteroatoms. The van der Waals surface area contributed by atoms with E-state index in [0.29, 0.717) is 31.1 Å². The average Bonchev–Trinajstić information content (AvgIpc) is 2.80. The number of nitrogens with zero attached hydrogens (tertiary/aromatic N) is 3. The highest BCUT2D eigenvalue weighted by Crippen LogP contribution is 2.26. The molecular formula is C23H28ClN3O3S. The predicted molar refractivity (Wildman–Crippen MR) is 123 cm³/mol. The number of hydrogen-bond donors (Lipinski definition) is 0. The monoisotopic (exact) mass is 461 g/mol. The maximum Gasteiger partial charge on any atom is 0.243 e. The van der Waals surface area contributed by atoms with E-state index in [4.69, 9.17) is 11.6 Å². The van der Waals surface area contributed by atoms with E-state index < -0.39 is 10.0 Å². The number of carbonyl (C=O) groups is 1. The highest BCUT2D eigenvalue weighted by atomic mass is 35.5. The summed E-state index contributed by atoms with van der Waals surface area (Å²) in [5.74, 6) is 0.0606. The van der Waals surface area contributed by atoms with Crippen molar-refractivity contribution in [2.75, 3.05) is 44.2 Å². The van der Waals surface area contributed by atoms with Gasteiger partial charge in [0.2, 0.25) is 15.9 Å². The number of benzene rings is 2. The number of halogens is 1. The van der Waals surface area contributed by atoms with E-state index in [9.17, 15) is 13.2 Å². The molecule has 4 rings (SSSR count). The third-order valence-corrected chi connectivity index (χ3v) is 8.29. The fourth-order valence-electron chi connectivity index (χ4n) is 4.22. The van der Waals surface area contributed by atoms with E-state index in [0.717, 1.165) is 48.6 Å². The van der Waals surface area contributed by atoms with E-state index >= 15 is 0 Å². The Morgan fingerprint density at radius 3 is 2.13 bits per heavy atom. The van der Waals surface area contributed by atoms with Crippen molar-refractivity contribution in [1.82, 2.24) is 9.21 Å². The highest BCUT2D eigenvalue weighted by molar-refractivity contribution is 7.89. The van der Waals surface area contributed by atoms with E-state index in [1.54, 1.807) is 28.6 Å². The SMILES string of the molecule is O=C(Cc1ccc(S(=O)(=O)N2CCCCC2)cc1)N1CCN(c2ccccc2Cl)CC1. The second kappa shape index (κ2) is 9.59. The lowest BCUT2D eigenvalue weighted by Crippen LogP contribution is -2.49. The van der Waals surface area contributed by atoms with Gasteiger partial charge >= 0.3 is 0 Å². The molecule has 0 radical (unpaired) electrons. The summed E-state index contributed by atoms with van der Waals surface area (Å²) >= 11 is 6.29. The minimum Gasteiger partial charge on any atom is -0.367 e. The molecule has 2 aliphatic heterocycles. The third kappa shape index (κ3) is 5.05. The first-order valence-electron chi connectivity index (χ1n) is 10.8. The van der Waals surface area contributed by atoms with Crippen molar-refractivity contribution in [3.05, 3.63) is 59.1 Å². The summed E-state index contributed by atoms with van der Waals surface area (Å²) in [5, 5.41) is 0.724. The Labute approximate surface area is 189 Å². The van der Waals surface area contributed by atoms with Gasteiger partial charge in [-0.3, -0.25) is 4.79 Å². The van der Waals surface area contributed by atoms with Gasteiger partial charge in [-0.1, -0.05) is 42.3 Å². The fraction of sp³-hybridized carbons (Fsp3) is 0.435. The molecule has 0 saturated carbocycles. The lowest BCUT2D eigenvalue weighted by molar-refractivity contribution is -0.130. The van der Waals surface area contributed by atoms with Crippen LogP contribution in [0.4, 0.5) is 5.69 Å². The van der Waals surface area contributed by atoms with Crippen LogP contribution in [-0.4, -0.2) is 62.8 Å². The van der Waals surface area contributed by atoms with Crippen LogP contribution in [0.15, 0.2) is 53.4 Å². The number of sulfonamides is 1. The lowest BCUT2D eigenvalue weighted by Gasteiger charge is -2.36. The van der Waals surface area contributed by atoms with Gasteiger partial charge in [-0.15, -0.1) is 0 Å². The molecule has 0 atom stereocenters. The first kappa shape index (κ1) is 22.1. The van der Waals surface area contributed by atoms with Crippen LogP contribution >= 0.6 is 11.6 Å². The summed E-state index contributed by atoms with van der Waals surface area (Å²) in [5.41, 5.74) is 1.83. The van der Waals surface area contributed by atoms with Crippen LogP contribution in [0.3, 0.4) is 0 Å². The van der Waals surface area contributed by atoms with Crippen molar-refractivity contribution in [1.29, 1.82) is 0 Å². The van der Waals surface area contributed by atoms with Gasteiger partial charge in [-0.25, -0.2) is 8.42 Å². The summed E-state index contributed by atoms with van der Waals surface area (Å²) in [4.78, 5) is 17.1. The fourth-order valence-corrected chi connectivity index (χ4v) is 6.00. The largest absolute Gasteiger partial charge is 0.367 e. The van der Waals surface area contributed by atoms with Crippen LogP contribution in [0.5, 0.6) is 0 Å². The standard InChI is InChI=1S/C23H28ClN3O3S/c24-21-6-2-3-7-22(21)25-14-16-26(17-15-25)23(28)18-19-8-10-20(11-9-19)31(29,30)27-12-4-1-5-13-27/h2-3,6-11H,1,4-5,12-18H2. The Kier molecular flexibility index (Phi) is 6.84. The van der Waals surface area contributed by atoms with Crippen LogP contribution in [0, 0.1) is 0 Å². The zero-order chi connectivity index (χ0) is 21.8. The van der Waals surface area contributed by atoms with Crippen LogP contribution in [0.1, 0.15) is 24.8 Å². The Morgan fingerprint density at radius 2 is 1.48 bits per heavy atom. The van der Waals surface area contributed by atoms with E-state index in [-0.39, 0.29) is 12.3 Å². The Hall–Kier alpha value is -2.09. The molecule has 2 saturated heterocycles. The summed E-state index contributed by atoms with van der Waals surface area (Å²) in [6.07, 6.45) is 3.18. The van der Waals surface area contributed by atoms with Crippen molar-refractivity contribution in [3.63, 3.8) is 0 Å². The molecular weight excluding hydrogens is 434 g/mol. The van der Waals surface area contributed by atoms with E-state index in [1.165, 1.54) is 0 Å². The third-order valence-electron chi connectivity index (χ3n) is 6.06. The van der Waals surface area contributed by atoms with Crippen molar-refractivity contribution in [2.24, 2.45) is 0 Å². The molecule has 0 unspecified atom stereocenters. The van der Waals surface area contributed by atoms with Gasteiger partial charge in [-0.2, -0.15) is 4.31 Å². The molecule has 31 heavy (non-hydrogen) atoms. The molecule has 0 bridgehead atoms. The number of para-hydroxylation sites is 1.